The molecule has 0 heterocycles. The minimum atomic E-state index is -3.91. The maximum atomic E-state index is 13.3. The van der Waals surface area contributed by atoms with E-state index in [1.807, 2.05) is 0 Å². The minimum absolute atomic E-state index is 0.0433. The van der Waals surface area contributed by atoms with Gasteiger partial charge in [0.25, 0.3) is 5.91 Å². The lowest BCUT2D eigenvalue weighted by molar-refractivity contribution is -0.152. The number of urea groups is 1. The van der Waals surface area contributed by atoms with Crippen LogP contribution >= 0.6 is 11.6 Å². The van der Waals surface area contributed by atoms with Crippen LogP contribution in [-0.4, -0.2) is 64.7 Å². The standard InChI is InChI=1S/C26H30ClN3O9S/c1-26(2,3)39-22(31)14-30(16-8-10-18(24(33)38-5)21(12-16)37-4)25(34)28-23(32)19-13-17(9-11-20(19)27)40(35,36)29-15-6-7-15/h8-13,15,29H,6-7,14H2,1-5H3,(H,28,32,34). The highest BCUT2D eigenvalue weighted by Gasteiger charge is 2.30. The minimum Gasteiger partial charge on any atom is -0.496 e. The van der Waals surface area contributed by atoms with Crippen LogP contribution in [-0.2, 0) is 24.3 Å². The predicted molar refractivity (Wildman–Crippen MR) is 145 cm³/mol. The zero-order chi connectivity index (χ0) is 29.8. The van der Waals surface area contributed by atoms with Gasteiger partial charge in [0.2, 0.25) is 10.0 Å². The number of nitrogens with one attached hydrogen (secondary N) is 2. The van der Waals surface area contributed by atoms with Crippen LogP contribution in [0.2, 0.25) is 5.02 Å². The van der Waals surface area contributed by atoms with Crippen LogP contribution in [0.5, 0.6) is 5.75 Å². The Hall–Kier alpha value is -3.68. The third-order valence-electron chi connectivity index (χ3n) is 5.47. The van der Waals surface area contributed by atoms with E-state index in [9.17, 15) is 27.6 Å². The number of imide groups is 1. The van der Waals surface area contributed by atoms with Crippen molar-refractivity contribution in [1.82, 2.24) is 10.0 Å². The Balaban J connectivity index is 1.93. The molecule has 0 atom stereocenters. The number of rotatable bonds is 9. The lowest BCUT2D eigenvalue weighted by Crippen LogP contribution is -2.46. The number of hydrogen-bond donors (Lipinski definition) is 2. The number of anilines is 1. The van der Waals surface area contributed by atoms with Crippen molar-refractivity contribution in [2.24, 2.45) is 0 Å². The highest BCUT2D eigenvalue weighted by Crippen LogP contribution is 2.28. The Labute approximate surface area is 237 Å². The molecule has 3 rings (SSSR count). The first-order chi connectivity index (χ1) is 18.6. The number of carbonyl (C=O) groups excluding carboxylic acids is 4. The SMILES string of the molecule is COC(=O)c1ccc(N(CC(=O)OC(C)(C)C)C(=O)NC(=O)c2cc(S(=O)(=O)NC3CC3)ccc2Cl)cc1OC. The number of esters is 2. The van der Waals surface area contributed by atoms with Gasteiger partial charge in [0.15, 0.2) is 0 Å². The van der Waals surface area contributed by atoms with E-state index in [1.54, 1.807) is 20.8 Å². The molecule has 0 bridgehead atoms. The van der Waals surface area contributed by atoms with Crippen LogP contribution in [0.15, 0.2) is 41.3 Å². The summed E-state index contributed by atoms with van der Waals surface area (Å²) < 4.78 is 43.0. The summed E-state index contributed by atoms with van der Waals surface area (Å²) in [6, 6.07) is 6.31. The fraction of sp³-hybridized carbons (Fsp3) is 0.385. The third kappa shape index (κ3) is 7.93. The number of sulfonamides is 1. The molecule has 1 fully saturated rings. The molecule has 0 unspecified atom stereocenters. The van der Waals surface area contributed by atoms with Crippen LogP contribution in [0, 0.1) is 0 Å². The van der Waals surface area contributed by atoms with Gasteiger partial charge in [-0.05, 0) is 63.9 Å². The van der Waals surface area contributed by atoms with Gasteiger partial charge in [-0.25, -0.2) is 22.7 Å². The van der Waals surface area contributed by atoms with Crippen molar-refractivity contribution < 1.29 is 41.8 Å². The molecule has 14 heteroatoms. The van der Waals surface area contributed by atoms with Gasteiger partial charge in [0.05, 0.1) is 29.7 Å². The molecule has 0 aliphatic heterocycles. The first-order valence-corrected chi connectivity index (χ1v) is 13.9. The van der Waals surface area contributed by atoms with Crippen molar-refractivity contribution in [2.75, 3.05) is 25.7 Å². The number of methoxy groups -OCH3 is 2. The molecular weight excluding hydrogens is 566 g/mol. The quantitative estimate of drug-likeness (QED) is 0.415. The smallest absolute Gasteiger partial charge is 0.341 e. The lowest BCUT2D eigenvalue weighted by Gasteiger charge is -2.26. The van der Waals surface area contributed by atoms with Crippen molar-refractivity contribution in [3.63, 3.8) is 0 Å². The van der Waals surface area contributed by atoms with Gasteiger partial charge >= 0.3 is 18.0 Å². The van der Waals surface area contributed by atoms with Crippen LogP contribution in [0.25, 0.3) is 0 Å². The van der Waals surface area contributed by atoms with Crippen LogP contribution in [0.4, 0.5) is 10.5 Å². The number of benzene rings is 2. The molecule has 1 aliphatic carbocycles. The molecule has 0 radical (unpaired) electrons. The Kier molecular flexibility index (Phi) is 9.44. The average Bonchev–Trinajstić information content (AvgIpc) is 3.68. The predicted octanol–water partition coefficient (Wildman–Crippen LogP) is 3.27. The second-order valence-corrected chi connectivity index (χ2v) is 12.0. The Morgan fingerprint density at radius 3 is 2.27 bits per heavy atom. The highest BCUT2D eigenvalue weighted by molar-refractivity contribution is 7.89. The van der Waals surface area contributed by atoms with Crippen molar-refractivity contribution in [3.05, 3.63) is 52.5 Å². The third-order valence-corrected chi connectivity index (χ3v) is 7.31. The topological polar surface area (TPSA) is 157 Å². The number of ether oxygens (including phenoxy) is 3. The van der Waals surface area contributed by atoms with Crippen LogP contribution in [0.3, 0.4) is 0 Å². The van der Waals surface area contributed by atoms with E-state index in [4.69, 9.17) is 25.8 Å². The summed E-state index contributed by atoms with van der Waals surface area (Å²) in [5.74, 6) is -2.45. The van der Waals surface area contributed by atoms with E-state index in [1.165, 1.54) is 44.6 Å². The number of halogens is 1. The summed E-state index contributed by atoms with van der Waals surface area (Å²) in [6.07, 6.45) is 1.43. The highest BCUT2D eigenvalue weighted by atomic mass is 35.5. The second kappa shape index (κ2) is 12.2. The molecule has 40 heavy (non-hydrogen) atoms. The summed E-state index contributed by atoms with van der Waals surface area (Å²) >= 11 is 6.16. The van der Waals surface area contributed by atoms with Gasteiger partial charge in [-0.3, -0.25) is 19.8 Å². The van der Waals surface area contributed by atoms with E-state index in [-0.39, 0.29) is 38.5 Å². The molecular formula is C26H30ClN3O9S. The molecule has 1 aliphatic rings. The Morgan fingerprint density at radius 1 is 1.02 bits per heavy atom. The van der Waals surface area contributed by atoms with Gasteiger partial charge in [-0.1, -0.05) is 11.6 Å². The zero-order valence-corrected chi connectivity index (χ0v) is 24.1. The van der Waals surface area contributed by atoms with Gasteiger partial charge in [-0.2, -0.15) is 0 Å². The molecule has 0 spiro atoms. The number of nitrogens with zero attached hydrogens (tertiary/aromatic N) is 1. The molecule has 1 saturated carbocycles. The number of carbonyl (C=O) groups is 4. The largest absolute Gasteiger partial charge is 0.496 e. The van der Waals surface area contributed by atoms with Crippen LogP contribution < -0.4 is 19.7 Å². The number of hydrogen-bond acceptors (Lipinski definition) is 9. The first kappa shape index (κ1) is 30.9. The average molecular weight is 596 g/mol. The monoisotopic (exact) mass is 595 g/mol. The maximum absolute atomic E-state index is 13.3. The molecule has 12 nitrogen and oxygen atoms in total. The van der Waals surface area contributed by atoms with E-state index in [2.05, 4.69) is 10.0 Å². The normalized spacial score (nSPS) is 13.2. The van der Waals surface area contributed by atoms with E-state index in [0.29, 0.717) is 12.8 Å². The molecule has 2 N–H and O–H groups in total. The summed E-state index contributed by atoms with van der Waals surface area (Å²) in [7, 11) is -1.42. The first-order valence-electron chi connectivity index (χ1n) is 12.1. The fourth-order valence-corrected chi connectivity index (χ4v) is 5.01. The summed E-state index contributed by atoms with van der Waals surface area (Å²) in [4.78, 5) is 51.8. The summed E-state index contributed by atoms with van der Waals surface area (Å²) in [5.41, 5.74) is -0.997. The molecule has 2 aromatic carbocycles. The molecule has 216 valence electrons. The molecule has 2 aromatic rings. The number of amides is 3. The second-order valence-electron chi connectivity index (χ2n) is 9.85. The van der Waals surface area contributed by atoms with E-state index < -0.39 is 46.0 Å². The maximum Gasteiger partial charge on any atom is 0.341 e. The molecule has 0 aromatic heterocycles. The Morgan fingerprint density at radius 2 is 1.70 bits per heavy atom. The molecule has 0 saturated heterocycles. The van der Waals surface area contributed by atoms with E-state index >= 15 is 0 Å². The summed E-state index contributed by atoms with van der Waals surface area (Å²) in [5, 5.41) is 2.03. The van der Waals surface area contributed by atoms with Gasteiger partial charge < -0.3 is 14.2 Å². The van der Waals surface area contributed by atoms with Crippen molar-refractivity contribution >= 4 is 51.2 Å². The Bertz CT molecular complexity index is 1430. The van der Waals surface area contributed by atoms with Gasteiger partial charge in [0, 0.05) is 17.8 Å². The van der Waals surface area contributed by atoms with Crippen molar-refractivity contribution in [1.29, 1.82) is 0 Å². The summed E-state index contributed by atoms with van der Waals surface area (Å²) in [6.45, 7) is 4.32. The van der Waals surface area contributed by atoms with Gasteiger partial charge in [0.1, 0.15) is 23.5 Å². The van der Waals surface area contributed by atoms with E-state index in [0.717, 1.165) is 11.0 Å². The van der Waals surface area contributed by atoms with Crippen LogP contribution in [0.1, 0.15) is 54.3 Å². The lowest BCUT2D eigenvalue weighted by atomic mass is 10.1. The van der Waals surface area contributed by atoms with Gasteiger partial charge in [-0.15, -0.1) is 0 Å². The molecule has 3 amide bonds. The van der Waals surface area contributed by atoms with Crippen molar-refractivity contribution in [3.8, 4) is 5.75 Å². The fourth-order valence-electron chi connectivity index (χ4n) is 3.48. The zero-order valence-electron chi connectivity index (χ0n) is 22.6. The van der Waals surface area contributed by atoms with Crippen molar-refractivity contribution in [2.45, 2.75) is 50.2 Å².